The number of amides is 3. The molecule has 140 valence electrons. The van der Waals surface area contributed by atoms with E-state index in [1.54, 1.807) is 34.7 Å². The molecule has 7 nitrogen and oxygen atoms in total. The molecule has 7 heteroatoms. The normalized spacial score (nSPS) is 15.5. The Morgan fingerprint density at radius 3 is 2.20 bits per heavy atom. The summed E-state index contributed by atoms with van der Waals surface area (Å²) in [5, 5.41) is 0. The van der Waals surface area contributed by atoms with Gasteiger partial charge in [0.25, 0.3) is 11.8 Å². The maximum Gasteiger partial charge on any atom is 0.329 e. The van der Waals surface area contributed by atoms with Crippen LogP contribution in [0.4, 0.5) is 0 Å². The summed E-state index contributed by atoms with van der Waals surface area (Å²) in [6, 6.07) is -0.641. The number of rotatable bonds is 8. The van der Waals surface area contributed by atoms with Gasteiger partial charge in [0, 0.05) is 32.2 Å². The second-order valence-corrected chi connectivity index (χ2v) is 7.19. The number of ether oxygens (including phenoxy) is 1. The minimum atomic E-state index is -0.641. The van der Waals surface area contributed by atoms with E-state index < -0.39 is 17.6 Å². The molecule has 0 spiro atoms. The summed E-state index contributed by atoms with van der Waals surface area (Å²) in [7, 11) is 1.59. The molecule has 1 atom stereocenters. The fraction of sp³-hybridized carbons (Fsp3) is 0.667. The molecule has 0 bridgehead atoms. The molecule has 0 aromatic heterocycles. The first kappa shape index (κ1) is 20.9. The number of carbonyl (C=O) groups is 4. The molecular formula is C18H28N2O5. The van der Waals surface area contributed by atoms with Gasteiger partial charge in [-0.25, -0.2) is 4.79 Å². The van der Waals surface area contributed by atoms with E-state index in [1.807, 2.05) is 0 Å². The summed E-state index contributed by atoms with van der Waals surface area (Å²) in [4.78, 5) is 49.5. The molecule has 0 unspecified atom stereocenters. The van der Waals surface area contributed by atoms with Gasteiger partial charge in [-0.15, -0.1) is 0 Å². The second-order valence-electron chi connectivity index (χ2n) is 7.19. The third-order valence-corrected chi connectivity index (χ3v) is 3.90. The Morgan fingerprint density at radius 1 is 1.12 bits per heavy atom. The van der Waals surface area contributed by atoms with Crippen molar-refractivity contribution in [2.75, 3.05) is 13.6 Å². The van der Waals surface area contributed by atoms with E-state index in [-0.39, 0.29) is 17.7 Å². The lowest BCUT2D eigenvalue weighted by molar-refractivity contribution is -0.163. The van der Waals surface area contributed by atoms with E-state index in [9.17, 15) is 19.2 Å². The minimum Gasteiger partial charge on any atom is -0.458 e. The van der Waals surface area contributed by atoms with Crippen LogP contribution in [0.3, 0.4) is 0 Å². The Morgan fingerprint density at radius 2 is 1.68 bits per heavy atom. The van der Waals surface area contributed by atoms with E-state index in [2.05, 4.69) is 0 Å². The zero-order valence-electron chi connectivity index (χ0n) is 15.7. The van der Waals surface area contributed by atoms with Crippen molar-refractivity contribution in [2.45, 2.75) is 65.0 Å². The molecule has 1 aliphatic rings. The lowest BCUT2D eigenvalue weighted by Gasteiger charge is -2.27. The number of unbranched alkanes of at least 4 members (excludes halogenated alkanes) is 2. The standard InChI is InChI=1S/C18H28N2O5/c1-13(17(24)25-18(2,3)4)19(5)14(21)9-7-6-8-12-20-15(22)10-11-16(20)23/h10-11,13H,6-9,12H2,1-5H3/t13-/m0/s1. The van der Waals surface area contributed by atoms with Gasteiger partial charge in [0.05, 0.1) is 0 Å². The fourth-order valence-electron chi connectivity index (χ4n) is 2.31. The van der Waals surface area contributed by atoms with Crippen molar-refractivity contribution < 1.29 is 23.9 Å². The van der Waals surface area contributed by atoms with Crippen molar-refractivity contribution >= 4 is 23.7 Å². The highest BCUT2D eigenvalue weighted by Gasteiger charge is 2.27. The number of hydrogen-bond donors (Lipinski definition) is 0. The first-order valence-corrected chi connectivity index (χ1v) is 8.55. The SMILES string of the molecule is C[C@@H](C(=O)OC(C)(C)C)N(C)C(=O)CCCCCN1C(=O)C=CC1=O. The van der Waals surface area contributed by atoms with E-state index in [1.165, 1.54) is 22.0 Å². The Labute approximate surface area is 149 Å². The average Bonchev–Trinajstić information content (AvgIpc) is 2.82. The highest BCUT2D eigenvalue weighted by atomic mass is 16.6. The molecule has 0 aromatic rings. The average molecular weight is 352 g/mol. The Bertz CT molecular complexity index is 544. The van der Waals surface area contributed by atoms with Gasteiger partial charge in [-0.2, -0.15) is 0 Å². The number of esters is 1. The predicted octanol–water partition coefficient (Wildman–Crippen LogP) is 1.66. The zero-order chi connectivity index (χ0) is 19.2. The third kappa shape index (κ3) is 6.68. The number of hydrogen-bond acceptors (Lipinski definition) is 5. The quantitative estimate of drug-likeness (QED) is 0.377. The van der Waals surface area contributed by atoms with Gasteiger partial charge >= 0.3 is 5.97 Å². The first-order valence-electron chi connectivity index (χ1n) is 8.55. The molecule has 1 rings (SSSR count). The van der Waals surface area contributed by atoms with Gasteiger partial charge in [-0.1, -0.05) is 6.42 Å². The number of imide groups is 1. The molecular weight excluding hydrogens is 324 g/mol. The van der Waals surface area contributed by atoms with Crippen LogP contribution in [0.25, 0.3) is 0 Å². The fourth-order valence-corrected chi connectivity index (χ4v) is 2.31. The smallest absolute Gasteiger partial charge is 0.329 e. The summed E-state index contributed by atoms with van der Waals surface area (Å²) in [6.07, 6.45) is 4.84. The first-order chi connectivity index (χ1) is 11.5. The van der Waals surface area contributed by atoms with Crippen LogP contribution in [0.1, 0.15) is 53.4 Å². The van der Waals surface area contributed by atoms with Crippen LogP contribution < -0.4 is 0 Å². The van der Waals surface area contributed by atoms with E-state index >= 15 is 0 Å². The molecule has 1 heterocycles. The van der Waals surface area contributed by atoms with Gasteiger partial charge in [0.2, 0.25) is 5.91 Å². The van der Waals surface area contributed by atoms with Crippen LogP contribution in [0.2, 0.25) is 0 Å². The van der Waals surface area contributed by atoms with Crippen LogP contribution in [-0.4, -0.2) is 58.7 Å². The third-order valence-electron chi connectivity index (χ3n) is 3.90. The molecule has 0 saturated carbocycles. The molecule has 0 saturated heterocycles. The Balaban J connectivity index is 2.28. The molecule has 1 aliphatic heterocycles. The highest BCUT2D eigenvalue weighted by molar-refractivity contribution is 6.12. The van der Waals surface area contributed by atoms with Crippen molar-refractivity contribution in [1.82, 2.24) is 9.80 Å². The summed E-state index contributed by atoms with van der Waals surface area (Å²) >= 11 is 0. The molecule has 0 aromatic carbocycles. The van der Waals surface area contributed by atoms with Crippen molar-refractivity contribution in [3.05, 3.63) is 12.2 Å². The second kappa shape index (κ2) is 8.78. The Kier molecular flexibility index (Phi) is 7.33. The summed E-state index contributed by atoms with van der Waals surface area (Å²) in [5.41, 5.74) is -0.589. The van der Waals surface area contributed by atoms with Crippen LogP contribution in [0, 0.1) is 0 Å². The van der Waals surface area contributed by atoms with Crippen LogP contribution in [-0.2, 0) is 23.9 Å². The van der Waals surface area contributed by atoms with Gasteiger partial charge in [-0.05, 0) is 40.5 Å². The summed E-state index contributed by atoms with van der Waals surface area (Å²) in [6.45, 7) is 7.35. The molecule has 25 heavy (non-hydrogen) atoms. The largest absolute Gasteiger partial charge is 0.458 e. The van der Waals surface area contributed by atoms with Crippen LogP contribution in [0.5, 0.6) is 0 Å². The zero-order valence-corrected chi connectivity index (χ0v) is 15.7. The van der Waals surface area contributed by atoms with Crippen LogP contribution >= 0.6 is 0 Å². The van der Waals surface area contributed by atoms with Crippen molar-refractivity contribution in [1.29, 1.82) is 0 Å². The van der Waals surface area contributed by atoms with Gasteiger partial charge in [0.1, 0.15) is 11.6 Å². The molecule has 3 amide bonds. The van der Waals surface area contributed by atoms with E-state index in [0.29, 0.717) is 25.8 Å². The maximum absolute atomic E-state index is 12.2. The molecule has 0 aliphatic carbocycles. The lowest BCUT2D eigenvalue weighted by atomic mass is 10.1. The van der Waals surface area contributed by atoms with E-state index in [0.717, 1.165) is 6.42 Å². The summed E-state index contributed by atoms with van der Waals surface area (Å²) in [5.74, 6) is -1.13. The minimum absolute atomic E-state index is 0.131. The van der Waals surface area contributed by atoms with Crippen LogP contribution in [0.15, 0.2) is 12.2 Å². The van der Waals surface area contributed by atoms with E-state index in [4.69, 9.17) is 4.74 Å². The number of carbonyl (C=O) groups excluding carboxylic acids is 4. The lowest BCUT2D eigenvalue weighted by Crippen LogP contribution is -2.43. The van der Waals surface area contributed by atoms with Gasteiger partial charge in [-0.3, -0.25) is 19.3 Å². The highest BCUT2D eigenvalue weighted by Crippen LogP contribution is 2.13. The maximum atomic E-state index is 12.2. The summed E-state index contributed by atoms with van der Waals surface area (Å²) < 4.78 is 5.28. The monoisotopic (exact) mass is 352 g/mol. The van der Waals surface area contributed by atoms with Gasteiger partial charge in [0.15, 0.2) is 0 Å². The van der Waals surface area contributed by atoms with Crippen molar-refractivity contribution in [3.63, 3.8) is 0 Å². The Hall–Kier alpha value is -2.18. The van der Waals surface area contributed by atoms with Crippen molar-refractivity contribution in [3.8, 4) is 0 Å². The molecule has 0 N–H and O–H groups in total. The molecule has 0 fully saturated rings. The van der Waals surface area contributed by atoms with Crippen molar-refractivity contribution in [2.24, 2.45) is 0 Å². The molecule has 0 radical (unpaired) electrons. The number of nitrogens with zero attached hydrogens (tertiary/aromatic N) is 2. The number of likely N-dealkylation sites (N-methyl/N-ethyl adjacent to an activating group) is 1. The topological polar surface area (TPSA) is 84.0 Å². The predicted molar refractivity (Wildman–Crippen MR) is 92.4 cm³/mol. The van der Waals surface area contributed by atoms with Gasteiger partial charge < -0.3 is 9.64 Å².